The number of ether oxygens (including phenoxy) is 1. The van der Waals surface area contributed by atoms with Crippen molar-refractivity contribution in [2.75, 3.05) is 56.9 Å². The van der Waals surface area contributed by atoms with Crippen LogP contribution in [0.25, 0.3) is 10.9 Å². The van der Waals surface area contributed by atoms with Crippen molar-refractivity contribution in [3.8, 4) is 5.75 Å². The van der Waals surface area contributed by atoms with Crippen LogP contribution in [0.3, 0.4) is 0 Å². The van der Waals surface area contributed by atoms with Crippen LogP contribution >= 0.6 is 0 Å². The summed E-state index contributed by atoms with van der Waals surface area (Å²) in [7, 11) is 3.71. The SMILES string of the molecule is CN1CCN(c2c(F)cc3c(=O)c(C(=O)O)cn4c3c2OCN4C)CC1.O=CO. The van der Waals surface area contributed by atoms with Crippen molar-refractivity contribution in [1.82, 2.24) is 9.58 Å². The monoisotopic (exact) mass is 408 g/mol. The van der Waals surface area contributed by atoms with E-state index in [9.17, 15) is 19.1 Å². The fourth-order valence-electron chi connectivity index (χ4n) is 3.50. The molecule has 10 nitrogen and oxygen atoms in total. The average molecular weight is 408 g/mol. The minimum absolute atomic E-state index is 0.00169. The van der Waals surface area contributed by atoms with Gasteiger partial charge < -0.3 is 24.7 Å². The number of carboxylic acids is 1. The van der Waals surface area contributed by atoms with Gasteiger partial charge in [0.25, 0.3) is 6.47 Å². The molecule has 11 heteroatoms. The van der Waals surface area contributed by atoms with Gasteiger partial charge in [-0.05, 0) is 13.1 Å². The van der Waals surface area contributed by atoms with Crippen molar-refractivity contribution in [1.29, 1.82) is 0 Å². The van der Waals surface area contributed by atoms with Gasteiger partial charge in [-0.25, -0.2) is 9.18 Å². The first-order chi connectivity index (χ1) is 13.8. The second kappa shape index (κ2) is 7.95. The lowest BCUT2D eigenvalue weighted by atomic mass is 10.1. The van der Waals surface area contributed by atoms with Gasteiger partial charge in [-0.15, -0.1) is 0 Å². The normalized spacial score (nSPS) is 16.1. The van der Waals surface area contributed by atoms with Gasteiger partial charge in [0, 0.05) is 39.4 Å². The summed E-state index contributed by atoms with van der Waals surface area (Å²) in [5, 5.41) is 17.8. The Morgan fingerprint density at radius 2 is 1.86 bits per heavy atom. The Kier molecular flexibility index (Phi) is 5.59. The number of piperazine rings is 1. The number of hydrogen-bond donors (Lipinski definition) is 2. The summed E-state index contributed by atoms with van der Waals surface area (Å²) in [5.41, 5.74) is -0.393. The molecule has 0 unspecified atom stereocenters. The number of hydrogen-bond acceptors (Lipinski definition) is 7. The van der Waals surface area contributed by atoms with Gasteiger partial charge in [0.1, 0.15) is 16.8 Å². The molecular formula is C18H21FN4O6. The van der Waals surface area contributed by atoms with E-state index in [0.717, 1.165) is 19.2 Å². The van der Waals surface area contributed by atoms with Gasteiger partial charge >= 0.3 is 5.97 Å². The Hall–Kier alpha value is -3.34. The summed E-state index contributed by atoms with van der Waals surface area (Å²) in [4.78, 5) is 36.4. The molecule has 1 aromatic carbocycles. The van der Waals surface area contributed by atoms with Crippen LogP contribution in [0, 0.1) is 5.82 Å². The van der Waals surface area contributed by atoms with Gasteiger partial charge in [0.05, 0.1) is 5.39 Å². The molecular weight excluding hydrogens is 387 g/mol. The molecule has 0 atom stereocenters. The molecule has 1 saturated heterocycles. The van der Waals surface area contributed by atoms with Crippen LogP contribution in [0.4, 0.5) is 10.1 Å². The maximum Gasteiger partial charge on any atom is 0.341 e. The van der Waals surface area contributed by atoms with Crippen LogP contribution in [0.5, 0.6) is 5.75 Å². The Bertz CT molecular complexity index is 1020. The van der Waals surface area contributed by atoms with Crippen LogP contribution < -0.4 is 20.1 Å². The van der Waals surface area contributed by atoms with Crippen LogP contribution in [-0.4, -0.2) is 79.2 Å². The molecule has 0 bridgehead atoms. The predicted octanol–water partition coefficient (Wildman–Crippen LogP) is 0.209. The predicted molar refractivity (Wildman–Crippen MR) is 103 cm³/mol. The number of pyridine rings is 1. The third kappa shape index (κ3) is 3.56. The van der Waals surface area contributed by atoms with E-state index in [1.165, 1.54) is 6.20 Å². The van der Waals surface area contributed by atoms with Crippen LogP contribution in [0.1, 0.15) is 10.4 Å². The van der Waals surface area contributed by atoms with Crippen LogP contribution in [0.2, 0.25) is 0 Å². The Labute approximate surface area is 164 Å². The molecule has 2 aromatic rings. The van der Waals surface area contributed by atoms with E-state index >= 15 is 0 Å². The quantitative estimate of drug-likeness (QED) is 0.673. The van der Waals surface area contributed by atoms with Crippen molar-refractivity contribution in [2.24, 2.45) is 0 Å². The van der Waals surface area contributed by atoms with Gasteiger partial charge in [-0.3, -0.25) is 19.3 Å². The second-order valence-corrected chi connectivity index (χ2v) is 6.78. The minimum Gasteiger partial charge on any atom is -0.483 e. The smallest absolute Gasteiger partial charge is 0.341 e. The fraction of sp³-hybridized carbons (Fsp3) is 0.389. The van der Waals surface area contributed by atoms with Crippen molar-refractivity contribution in [2.45, 2.75) is 0 Å². The molecule has 0 aliphatic carbocycles. The third-order valence-corrected chi connectivity index (χ3v) is 4.97. The summed E-state index contributed by atoms with van der Waals surface area (Å²) >= 11 is 0. The molecule has 1 aromatic heterocycles. The van der Waals surface area contributed by atoms with Gasteiger partial charge in [0.2, 0.25) is 5.43 Å². The number of nitrogens with zero attached hydrogens (tertiary/aromatic N) is 4. The lowest BCUT2D eigenvalue weighted by Crippen LogP contribution is -2.46. The third-order valence-electron chi connectivity index (χ3n) is 4.97. The first-order valence-corrected chi connectivity index (χ1v) is 8.80. The van der Waals surface area contributed by atoms with E-state index in [1.54, 1.807) is 16.7 Å². The van der Waals surface area contributed by atoms with E-state index in [1.807, 2.05) is 11.9 Å². The average Bonchev–Trinajstić information content (AvgIpc) is 2.67. The standard InChI is InChI=1S/C17H19FN4O4.CH2O2/c1-19-3-5-21(6-4-19)14-12(18)7-10-13-16(14)26-9-20(2)22(13)8-11(15(10)23)17(24)25;2-1-3/h7-8H,3-6,9H2,1-2H3,(H,24,25);1H,(H,2,3). The number of carboxylic acid groups (broad SMARTS) is 2. The van der Waals surface area contributed by atoms with E-state index in [-0.39, 0.29) is 24.3 Å². The maximum absolute atomic E-state index is 15.0. The van der Waals surface area contributed by atoms with Gasteiger partial charge in [0.15, 0.2) is 18.3 Å². The Morgan fingerprint density at radius 1 is 1.24 bits per heavy atom. The number of halogens is 1. The van der Waals surface area contributed by atoms with Gasteiger partial charge in [-0.2, -0.15) is 0 Å². The summed E-state index contributed by atoms with van der Waals surface area (Å²) < 4.78 is 22.3. The summed E-state index contributed by atoms with van der Waals surface area (Å²) in [5.74, 6) is -1.63. The highest BCUT2D eigenvalue weighted by molar-refractivity contribution is 5.97. The molecule has 0 amide bonds. The topological polar surface area (TPSA) is 116 Å². The summed E-state index contributed by atoms with van der Waals surface area (Å²) in [6.45, 7) is 2.74. The second-order valence-electron chi connectivity index (χ2n) is 6.78. The summed E-state index contributed by atoms with van der Waals surface area (Å²) in [6.07, 6.45) is 1.27. The van der Waals surface area contributed by atoms with Crippen molar-refractivity contribution in [3.63, 3.8) is 0 Å². The summed E-state index contributed by atoms with van der Waals surface area (Å²) in [6, 6.07) is 1.13. The highest BCUT2D eigenvalue weighted by Gasteiger charge is 2.30. The number of likely N-dealkylation sites (N-methyl/N-ethyl adjacent to an activating group) is 1. The number of anilines is 1. The van der Waals surface area contributed by atoms with Gasteiger partial charge in [-0.1, -0.05) is 0 Å². The number of benzene rings is 1. The molecule has 2 N–H and O–H groups in total. The molecule has 2 aliphatic rings. The van der Waals surface area contributed by atoms with E-state index in [0.29, 0.717) is 24.3 Å². The van der Waals surface area contributed by atoms with Crippen molar-refractivity contribution < 1.29 is 28.9 Å². The molecule has 3 heterocycles. The molecule has 0 spiro atoms. The minimum atomic E-state index is -1.34. The fourth-order valence-corrected chi connectivity index (χ4v) is 3.50. The highest BCUT2D eigenvalue weighted by Crippen LogP contribution is 2.40. The first-order valence-electron chi connectivity index (χ1n) is 8.80. The molecule has 1 fully saturated rings. The van der Waals surface area contributed by atoms with Crippen LogP contribution in [0.15, 0.2) is 17.1 Å². The Morgan fingerprint density at radius 3 is 2.45 bits per heavy atom. The lowest BCUT2D eigenvalue weighted by Gasteiger charge is -2.37. The first kappa shape index (κ1) is 20.4. The molecule has 0 saturated carbocycles. The number of carbonyl (C=O) groups is 2. The largest absolute Gasteiger partial charge is 0.483 e. The zero-order valence-corrected chi connectivity index (χ0v) is 16.0. The molecule has 156 valence electrons. The number of aromatic carboxylic acids is 1. The van der Waals surface area contributed by atoms with Crippen LogP contribution in [-0.2, 0) is 4.79 Å². The molecule has 0 radical (unpaired) electrons. The zero-order chi connectivity index (χ0) is 21.3. The zero-order valence-electron chi connectivity index (χ0n) is 16.0. The van der Waals surface area contributed by atoms with Crippen molar-refractivity contribution >= 4 is 29.0 Å². The molecule has 29 heavy (non-hydrogen) atoms. The van der Waals surface area contributed by atoms with Crippen molar-refractivity contribution in [3.05, 3.63) is 33.9 Å². The number of aromatic nitrogens is 1. The molecule has 4 rings (SSSR count). The van der Waals surface area contributed by atoms with E-state index in [2.05, 4.69) is 4.90 Å². The maximum atomic E-state index is 15.0. The number of rotatable bonds is 2. The Balaban J connectivity index is 0.000000755. The van der Waals surface area contributed by atoms with E-state index in [4.69, 9.17) is 14.6 Å². The van der Waals surface area contributed by atoms with E-state index < -0.39 is 22.8 Å². The highest BCUT2D eigenvalue weighted by atomic mass is 19.1. The molecule has 2 aliphatic heterocycles. The lowest BCUT2D eigenvalue weighted by molar-refractivity contribution is -0.122.